The average Bonchev–Trinajstić information content (AvgIpc) is 2.38. The number of hydrogen-bond acceptors (Lipinski definition) is 3. The molecule has 1 aliphatic rings. The first-order chi connectivity index (χ1) is 7.88. The van der Waals surface area contributed by atoms with Crippen molar-refractivity contribution < 1.29 is 9.47 Å². The van der Waals surface area contributed by atoms with Crippen molar-refractivity contribution >= 4 is 11.6 Å². The number of pyridine rings is 1. The molecule has 1 aromatic heterocycles. The maximum absolute atomic E-state index is 5.70. The van der Waals surface area contributed by atoms with Crippen molar-refractivity contribution in [2.24, 2.45) is 0 Å². The summed E-state index contributed by atoms with van der Waals surface area (Å²) in [5, 5.41) is 0. The minimum atomic E-state index is 0.218. The molecule has 1 unspecified atom stereocenters. The maximum Gasteiger partial charge on any atom is 0.213 e. The van der Waals surface area contributed by atoms with Crippen LogP contribution in [-0.4, -0.2) is 24.3 Å². The Kier molecular flexibility index (Phi) is 4.43. The summed E-state index contributed by atoms with van der Waals surface area (Å²) >= 11 is 5.70. The van der Waals surface area contributed by atoms with Crippen molar-refractivity contribution in [1.82, 2.24) is 4.98 Å². The molecule has 0 aromatic carbocycles. The number of hydrogen-bond donors (Lipinski definition) is 0. The van der Waals surface area contributed by atoms with Crippen LogP contribution in [0.5, 0.6) is 5.88 Å². The molecular formula is C12H16ClNO2. The van der Waals surface area contributed by atoms with E-state index in [2.05, 4.69) is 4.98 Å². The zero-order valence-electron chi connectivity index (χ0n) is 9.19. The standard InChI is InChI=1S/C12H16ClNO2/c13-8-10-4-3-6-12(14-10)16-9-11-5-1-2-7-15-11/h3-4,6,11H,1-2,5,7-9H2. The molecule has 0 amide bonds. The van der Waals surface area contributed by atoms with Gasteiger partial charge in [-0.2, -0.15) is 0 Å². The van der Waals surface area contributed by atoms with Crippen LogP contribution in [0.4, 0.5) is 0 Å². The van der Waals surface area contributed by atoms with E-state index in [-0.39, 0.29) is 6.10 Å². The first-order valence-corrected chi connectivity index (χ1v) is 6.18. The van der Waals surface area contributed by atoms with Gasteiger partial charge in [-0.05, 0) is 25.3 Å². The fraction of sp³-hybridized carbons (Fsp3) is 0.583. The van der Waals surface area contributed by atoms with Crippen molar-refractivity contribution in [3.8, 4) is 5.88 Å². The largest absolute Gasteiger partial charge is 0.475 e. The van der Waals surface area contributed by atoms with E-state index in [9.17, 15) is 0 Å². The van der Waals surface area contributed by atoms with Crippen molar-refractivity contribution in [2.45, 2.75) is 31.2 Å². The third-order valence-electron chi connectivity index (χ3n) is 2.61. The number of alkyl halides is 1. The van der Waals surface area contributed by atoms with Crippen molar-refractivity contribution in [3.05, 3.63) is 23.9 Å². The Morgan fingerprint density at radius 3 is 3.12 bits per heavy atom. The number of rotatable bonds is 4. The van der Waals surface area contributed by atoms with Gasteiger partial charge in [-0.1, -0.05) is 6.07 Å². The van der Waals surface area contributed by atoms with Crippen LogP contribution in [0.15, 0.2) is 18.2 Å². The Hall–Kier alpha value is -0.800. The number of aromatic nitrogens is 1. The van der Waals surface area contributed by atoms with E-state index in [1.807, 2.05) is 18.2 Å². The molecule has 1 fully saturated rings. The monoisotopic (exact) mass is 241 g/mol. The Morgan fingerprint density at radius 2 is 2.38 bits per heavy atom. The number of ether oxygens (including phenoxy) is 2. The van der Waals surface area contributed by atoms with E-state index >= 15 is 0 Å². The van der Waals surface area contributed by atoms with Crippen molar-refractivity contribution in [3.63, 3.8) is 0 Å². The predicted molar refractivity (Wildman–Crippen MR) is 62.9 cm³/mol. The molecule has 1 saturated heterocycles. The van der Waals surface area contributed by atoms with E-state index < -0.39 is 0 Å². The molecule has 0 spiro atoms. The average molecular weight is 242 g/mol. The van der Waals surface area contributed by atoms with Crippen LogP contribution in [0.1, 0.15) is 25.0 Å². The SMILES string of the molecule is ClCc1cccc(OCC2CCCCO2)n1. The van der Waals surface area contributed by atoms with Gasteiger partial charge in [0.05, 0.1) is 17.7 Å². The second-order valence-electron chi connectivity index (χ2n) is 3.90. The van der Waals surface area contributed by atoms with E-state index in [0.717, 1.165) is 25.1 Å². The van der Waals surface area contributed by atoms with Crippen LogP contribution < -0.4 is 4.74 Å². The van der Waals surface area contributed by atoms with Gasteiger partial charge >= 0.3 is 0 Å². The molecule has 3 nitrogen and oxygen atoms in total. The molecule has 0 bridgehead atoms. The molecule has 1 atom stereocenters. The third-order valence-corrected chi connectivity index (χ3v) is 2.88. The highest BCUT2D eigenvalue weighted by atomic mass is 35.5. The van der Waals surface area contributed by atoms with Crippen LogP contribution in [0.3, 0.4) is 0 Å². The molecule has 0 saturated carbocycles. The lowest BCUT2D eigenvalue weighted by atomic mass is 10.1. The highest BCUT2D eigenvalue weighted by Crippen LogP contribution is 2.15. The minimum absolute atomic E-state index is 0.218. The summed E-state index contributed by atoms with van der Waals surface area (Å²) < 4.78 is 11.2. The second-order valence-corrected chi connectivity index (χ2v) is 4.17. The van der Waals surface area contributed by atoms with Gasteiger partial charge in [0, 0.05) is 12.7 Å². The molecule has 2 heterocycles. The smallest absolute Gasteiger partial charge is 0.213 e. The lowest BCUT2D eigenvalue weighted by Gasteiger charge is -2.22. The van der Waals surface area contributed by atoms with Crippen LogP contribution in [0.25, 0.3) is 0 Å². The van der Waals surface area contributed by atoms with Gasteiger partial charge in [0.1, 0.15) is 6.61 Å². The molecule has 1 aliphatic heterocycles. The van der Waals surface area contributed by atoms with Gasteiger partial charge in [-0.3, -0.25) is 0 Å². The predicted octanol–water partition coefficient (Wildman–Crippen LogP) is 2.77. The molecular weight excluding hydrogens is 226 g/mol. The molecule has 0 N–H and O–H groups in total. The highest BCUT2D eigenvalue weighted by molar-refractivity contribution is 6.16. The summed E-state index contributed by atoms with van der Waals surface area (Å²) in [7, 11) is 0. The Balaban J connectivity index is 1.83. The first-order valence-electron chi connectivity index (χ1n) is 5.65. The van der Waals surface area contributed by atoms with Gasteiger partial charge < -0.3 is 9.47 Å². The topological polar surface area (TPSA) is 31.4 Å². The molecule has 16 heavy (non-hydrogen) atoms. The third kappa shape index (κ3) is 3.35. The molecule has 2 rings (SSSR count). The summed E-state index contributed by atoms with van der Waals surface area (Å²) in [6.45, 7) is 1.43. The summed E-state index contributed by atoms with van der Waals surface area (Å²) in [6.07, 6.45) is 3.68. The second kappa shape index (κ2) is 6.06. The lowest BCUT2D eigenvalue weighted by molar-refractivity contribution is -0.0119. The fourth-order valence-corrected chi connectivity index (χ4v) is 1.88. The highest BCUT2D eigenvalue weighted by Gasteiger charge is 2.14. The van der Waals surface area contributed by atoms with Gasteiger partial charge in [0.25, 0.3) is 0 Å². The zero-order valence-corrected chi connectivity index (χ0v) is 9.95. The normalized spacial score (nSPS) is 20.7. The van der Waals surface area contributed by atoms with E-state index in [4.69, 9.17) is 21.1 Å². The summed E-state index contributed by atoms with van der Waals surface area (Å²) in [6, 6.07) is 5.64. The number of nitrogens with zero attached hydrogens (tertiary/aromatic N) is 1. The lowest BCUT2D eigenvalue weighted by Crippen LogP contribution is -2.26. The molecule has 1 aromatic rings. The van der Waals surface area contributed by atoms with E-state index in [1.165, 1.54) is 6.42 Å². The van der Waals surface area contributed by atoms with Crippen molar-refractivity contribution in [2.75, 3.05) is 13.2 Å². The van der Waals surface area contributed by atoms with Crippen LogP contribution in [0, 0.1) is 0 Å². The van der Waals surface area contributed by atoms with Gasteiger partial charge in [-0.15, -0.1) is 11.6 Å². The van der Waals surface area contributed by atoms with Crippen LogP contribution in [0.2, 0.25) is 0 Å². The van der Waals surface area contributed by atoms with Gasteiger partial charge in [0.15, 0.2) is 0 Å². The number of halogens is 1. The Morgan fingerprint density at radius 1 is 1.44 bits per heavy atom. The zero-order chi connectivity index (χ0) is 11.2. The molecule has 0 aliphatic carbocycles. The summed E-state index contributed by atoms with van der Waals surface area (Å²) in [5.41, 5.74) is 0.837. The van der Waals surface area contributed by atoms with Crippen molar-refractivity contribution in [1.29, 1.82) is 0 Å². The van der Waals surface area contributed by atoms with Crippen LogP contribution in [-0.2, 0) is 10.6 Å². The molecule has 88 valence electrons. The van der Waals surface area contributed by atoms with E-state index in [1.54, 1.807) is 0 Å². The van der Waals surface area contributed by atoms with Gasteiger partial charge in [-0.25, -0.2) is 4.98 Å². The Labute approximate surface area is 101 Å². The maximum atomic E-state index is 5.70. The molecule has 0 radical (unpaired) electrons. The summed E-state index contributed by atoms with van der Waals surface area (Å²) in [4.78, 5) is 4.27. The van der Waals surface area contributed by atoms with Crippen LogP contribution >= 0.6 is 11.6 Å². The fourth-order valence-electron chi connectivity index (χ4n) is 1.73. The van der Waals surface area contributed by atoms with Gasteiger partial charge in [0.2, 0.25) is 5.88 Å². The minimum Gasteiger partial charge on any atom is -0.475 e. The Bertz CT molecular complexity index is 327. The molecule has 4 heteroatoms. The quantitative estimate of drug-likeness (QED) is 0.760. The first kappa shape index (κ1) is 11.7. The summed E-state index contributed by atoms with van der Waals surface area (Å²) in [5.74, 6) is 1.05. The van der Waals surface area contributed by atoms with E-state index in [0.29, 0.717) is 18.4 Å².